The van der Waals surface area contributed by atoms with Crippen molar-refractivity contribution in [3.8, 4) is 5.69 Å². The molecule has 1 aromatic carbocycles. The highest BCUT2D eigenvalue weighted by Crippen LogP contribution is 2.15. The van der Waals surface area contributed by atoms with E-state index in [4.69, 9.17) is 0 Å². The van der Waals surface area contributed by atoms with Crippen LogP contribution in [0.4, 0.5) is 0 Å². The lowest BCUT2D eigenvalue weighted by Gasteiger charge is -2.14. The first kappa shape index (κ1) is 16.2. The molecular formula is C18H22N4O2. The van der Waals surface area contributed by atoms with Gasteiger partial charge in [-0.05, 0) is 39.3 Å². The maximum atomic E-state index is 13.0. The molecule has 0 bridgehead atoms. The van der Waals surface area contributed by atoms with E-state index in [1.807, 2.05) is 56.5 Å². The summed E-state index contributed by atoms with van der Waals surface area (Å²) in [6.45, 7) is 8.41. The molecule has 0 unspecified atom stereocenters. The fourth-order valence-corrected chi connectivity index (χ4v) is 2.95. The van der Waals surface area contributed by atoms with E-state index >= 15 is 0 Å². The predicted molar refractivity (Wildman–Crippen MR) is 95.0 cm³/mol. The van der Waals surface area contributed by atoms with Crippen molar-refractivity contribution in [1.29, 1.82) is 0 Å². The normalized spacial score (nSPS) is 11.5. The SMILES string of the molecule is CCCn1cnc2c1c(=O)n(C(C)C)c(=O)n2-c1ccc(C)cc1. The summed E-state index contributed by atoms with van der Waals surface area (Å²) in [6.07, 6.45) is 2.53. The molecule has 0 aliphatic carbocycles. The Morgan fingerprint density at radius 2 is 1.79 bits per heavy atom. The number of fused-ring (bicyclic) bond motifs is 1. The molecule has 0 radical (unpaired) electrons. The number of nitrogens with zero attached hydrogens (tertiary/aromatic N) is 4. The van der Waals surface area contributed by atoms with Crippen LogP contribution in [0.5, 0.6) is 0 Å². The van der Waals surface area contributed by atoms with E-state index in [2.05, 4.69) is 4.98 Å². The summed E-state index contributed by atoms with van der Waals surface area (Å²) in [5.74, 6) is 0. The van der Waals surface area contributed by atoms with Gasteiger partial charge in [0.2, 0.25) is 0 Å². The molecule has 3 aromatic rings. The van der Waals surface area contributed by atoms with Crippen molar-refractivity contribution in [3.05, 3.63) is 57.0 Å². The van der Waals surface area contributed by atoms with E-state index < -0.39 is 0 Å². The van der Waals surface area contributed by atoms with Gasteiger partial charge in [-0.2, -0.15) is 0 Å². The molecule has 2 heterocycles. The average Bonchev–Trinajstić information content (AvgIpc) is 2.93. The summed E-state index contributed by atoms with van der Waals surface area (Å²) >= 11 is 0. The van der Waals surface area contributed by atoms with Gasteiger partial charge in [0.25, 0.3) is 5.56 Å². The first-order valence-electron chi connectivity index (χ1n) is 8.25. The van der Waals surface area contributed by atoms with Crippen LogP contribution in [0.1, 0.15) is 38.8 Å². The predicted octanol–water partition coefficient (Wildman–Crippen LogP) is 2.65. The number of aromatic nitrogens is 4. The number of benzene rings is 1. The lowest BCUT2D eigenvalue weighted by molar-refractivity contribution is 0.538. The molecule has 6 heteroatoms. The van der Waals surface area contributed by atoms with E-state index in [0.717, 1.165) is 12.0 Å². The lowest BCUT2D eigenvalue weighted by atomic mass is 10.2. The van der Waals surface area contributed by atoms with Crippen LogP contribution in [0.3, 0.4) is 0 Å². The zero-order valence-corrected chi connectivity index (χ0v) is 14.5. The van der Waals surface area contributed by atoms with Gasteiger partial charge in [0.05, 0.1) is 12.0 Å². The van der Waals surface area contributed by atoms with E-state index in [9.17, 15) is 9.59 Å². The second-order valence-corrected chi connectivity index (χ2v) is 6.33. The molecule has 3 rings (SSSR count). The Bertz CT molecular complexity index is 991. The third-order valence-electron chi connectivity index (χ3n) is 4.12. The highest BCUT2D eigenvalue weighted by molar-refractivity contribution is 5.72. The third kappa shape index (κ3) is 2.48. The molecule has 6 nitrogen and oxygen atoms in total. The van der Waals surface area contributed by atoms with Crippen molar-refractivity contribution in [2.75, 3.05) is 0 Å². The molecular weight excluding hydrogens is 304 g/mol. The average molecular weight is 326 g/mol. The van der Waals surface area contributed by atoms with Crippen LogP contribution in [0.2, 0.25) is 0 Å². The molecule has 0 atom stereocenters. The van der Waals surface area contributed by atoms with Crippen LogP contribution in [-0.4, -0.2) is 18.7 Å². The smallest absolute Gasteiger partial charge is 0.325 e. The van der Waals surface area contributed by atoms with Crippen molar-refractivity contribution < 1.29 is 0 Å². The topological polar surface area (TPSA) is 61.8 Å². The number of hydrogen-bond acceptors (Lipinski definition) is 3. The fourth-order valence-electron chi connectivity index (χ4n) is 2.95. The molecule has 126 valence electrons. The van der Waals surface area contributed by atoms with E-state index in [1.165, 1.54) is 9.13 Å². The second kappa shape index (κ2) is 6.11. The molecule has 0 saturated carbocycles. The fraction of sp³-hybridized carbons (Fsp3) is 0.389. The van der Waals surface area contributed by atoms with Crippen molar-refractivity contribution >= 4 is 11.2 Å². The maximum Gasteiger partial charge on any atom is 0.337 e. The van der Waals surface area contributed by atoms with Gasteiger partial charge in [-0.3, -0.25) is 9.36 Å². The van der Waals surface area contributed by atoms with Gasteiger partial charge in [0.1, 0.15) is 0 Å². The van der Waals surface area contributed by atoms with E-state index in [1.54, 1.807) is 6.33 Å². The molecule has 0 saturated heterocycles. The standard InChI is InChI=1S/C18H22N4O2/c1-5-10-20-11-19-16-15(20)17(23)21(12(2)3)18(24)22(16)14-8-6-13(4)7-9-14/h6-9,11-12H,5,10H2,1-4H3. The Labute approximate surface area is 140 Å². The van der Waals surface area contributed by atoms with Gasteiger partial charge >= 0.3 is 5.69 Å². The highest BCUT2D eigenvalue weighted by Gasteiger charge is 2.20. The summed E-state index contributed by atoms with van der Waals surface area (Å²) in [5, 5.41) is 0. The van der Waals surface area contributed by atoms with Crippen LogP contribution in [0.25, 0.3) is 16.9 Å². The van der Waals surface area contributed by atoms with Gasteiger partial charge in [-0.1, -0.05) is 24.6 Å². The van der Waals surface area contributed by atoms with Crippen LogP contribution in [0.15, 0.2) is 40.2 Å². The van der Waals surface area contributed by atoms with Crippen molar-refractivity contribution in [3.63, 3.8) is 0 Å². The molecule has 0 amide bonds. The monoisotopic (exact) mass is 326 g/mol. The van der Waals surface area contributed by atoms with Gasteiger partial charge in [-0.25, -0.2) is 14.3 Å². The van der Waals surface area contributed by atoms with Crippen LogP contribution in [-0.2, 0) is 6.54 Å². The minimum Gasteiger partial charge on any atom is -0.325 e. The van der Waals surface area contributed by atoms with Crippen molar-refractivity contribution in [1.82, 2.24) is 18.7 Å². The van der Waals surface area contributed by atoms with Crippen LogP contribution >= 0.6 is 0 Å². The summed E-state index contributed by atoms with van der Waals surface area (Å²) in [6, 6.07) is 7.42. The Hall–Kier alpha value is -2.63. The van der Waals surface area contributed by atoms with Gasteiger partial charge in [0.15, 0.2) is 11.2 Å². The maximum absolute atomic E-state index is 13.0. The number of hydrogen-bond donors (Lipinski definition) is 0. The molecule has 0 aliphatic heterocycles. The number of rotatable bonds is 4. The molecule has 0 aliphatic rings. The number of aryl methyl sites for hydroxylation is 2. The Morgan fingerprint density at radius 3 is 2.38 bits per heavy atom. The Kier molecular flexibility index (Phi) is 4.13. The van der Waals surface area contributed by atoms with Gasteiger partial charge in [0, 0.05) is 12.6 Å². The quantitative estimate of drug-likeness (QED) is 0.740. The molecule has 2 aromatic heterocycles. The van der Waals surface area contributed by atoms with Crippen LogP contribution < -0.4 is 11.2 Å². The minimum atomic E-state index is -0.354. The Balaban J connectivity index is 2.46. The minimum absolute atomic E-state index is 0.226. The lowest BCUT2D eigenvalue weighted by Crippen LogP contribution is -2.41. The molecule has 0 N–H and O–H groups in total. The second-order valence-electron chi connectivity index (χ2n) is 6.33. The Morgan fingerprint density at radius 1 is 1.12 bits per heavy atom. The summed E-state index contributed by atoms with van der Waals surface area (Å²) in [7, 11) is 0. The zero-order chi connectivity index (χ0) is 17.4. The largest absolute Gasteiger partial charge is 0.337 e. The van der Waals surface area contributed by atoms with Gasteiger partial charge in [-0.15, -0.1) is 0 Å². The summed E-state index contributed by atoms with van der Waals surface area (Å²) in [4.78, 5) is 30.2. The summed E-state index contributed by atoms with van der Waals surface area (Å²) < 4.78 is 4.67. The third-order valence-corrected chi connectivity index (χ3v) is 4.12. The molecule has 0 spiro atoms. The van der Waals surface area contributed by atoms with Crippen LogP contribution in [0, 0.1) is 6.92 Å². The molecule has 0 fully saturated rings. The van der Waals surface area contributed by atoms with Crippen molar-refractivity contribution in [2.45, 2.75) is 46.7 Å². The molecule has 24 heavy (non-hydrogen) atoms. The van der Waals surface area contributed by atoms with Gasteiger partial charge < -0.3 is 4.57 Å². The van der Waals surface area contributed by atoms with E-state index in [0.29, 0.717) is 23.4 Å². The summed E-state index contributed by atoms with van der Waals surface area (Å²) in [5.41, 5.74) is 2.08. The highest BCUT2D eigenvalue weighted by atomic mass is 16.2. The number of imidazole rings is 1. The first-order chi connectivity index (χ1) is 11.5. The van der Waals surface area contributed by atoms with Crippen molar-refractivity contribution in [2.24, 2.45) is 0 Å². The zero-order valence-electron chi connectivity index (χ0n) is 14.5. The van der Waals surface area contributed by atoms with E-state index in [-0.39, 0.29) is 17.3 Å². The first-order valence-corrected chi connectivity index (χ1v) is 8.25.